The van der Waals surface area contributed by atoms with Crippen molar-refractivity contribution in [2.24, 2.45) is 5.41 Å². The third kappa shape index (κ3) is 4.07. The van der Waals surface area contributed by atoms with Crippen LogP contribution in [0.1, 0.15) is 32.1 Å². The summed E-state index contributed by atoms with van der Waals surface area (Å²) in [6, 6.07) is -0.868. The van der Waals surface area contributed by atoms with Crippen LogP contribution in [0.5, 0.6) is 0 Å². The van der Waals surface area contributed by atoms with E-state index in [1.165, 1.54) is 0 Å². The molecule has 1 aliphatic carbocycles. The highest BCUT2D eigenvalue weighted by molar-refractivity contribution is 5.86. The molecule has 22 heavy (non-hydrogen) atoms. The van der Waals surface area contributed by atoms with Crippen LogP contribution in [-0.2, 0) is 9.59 Å². The second-order valence-electron chi connectivity index (χ2n) is 6.40. The van der Waals surface area contributed by atoms with Crippen LogP contribution in [0.2, 0.25) is 0 Å². The number of amides is 2. The number of nitrogens with zero attached hydrogens (tertiary/aromatic N) is 1. The summed E-state index contributed by atoms with van der Waals surface area (Å²) in [7, 11) is 3.40. The minimum Gasteiger partial charge on any atom is -0.354 e. The quantitative estimate of drug-likeness (QED) is 0.808. The average molecular weight is 340 g/mol. The molecule has 0 radical (unpaired) electrons. The van der Waals surface area contributed by atoms with E-state index in [0.29, 0.717) is 0 Å². The molecule has 8 heteroatoms. The summed E-state index contributed by atoms with van der Waals surface area (Å²) in [6.07, 6.45) is 2.90. The lowest BCUT2D eigenvalue weighted by molar-refractivity contribution is -0.139. The Kier molecular flexibility index (Phi) is 6.15. The molecular formula is C14H24ClF2N3O2. The molecule has 5 nitrogen and oxygen atoms in total. The number of rotatable bonds is 4. The average Bonchev–Trinajstić information content (AvgIpc) is 3.02. The fourth-order valence-electron chi connectivity index (χ4n) is 3.27. The molecule has 2 N–H and O–H groups in total. The molecule has 0 bridgehead atoms. The third-order valence-electron chi connectivity index (χ3n) is 4.45. The monoisotopic (exact) mass is 339 g/mol. The molecule has 128 valence electrons. The molecule has 1 atom stereocenters. The number of alkyl halides is 2. The van der Waals surface area contributed by atoms with Crippen LogP contribution in [0.4, 0.5) is 8.78 Å². The van der Waals surface area contributed by atoms with Crippen molar-refractivity contribution >= 4 is 24.2 Å². The zero-order valence-electron chi connectivity index (χ0n) is 13.0. The van der Waals surface area contributed by atoms with Gasteiger partial charge in [-0.2, -0.15) is 0 Å². The molecule has 0 aromatic heterocycles. The summed E-state index contributed by atoms with van der Waals surface area (Å²) >= 11 is 0. The summed E-state index contributed by atoms with van der Waals surface area (Å²) in [5.74, 6) is -3.26. The van der Waals surface area contributed by atoms with E-state index in [9.17, 15) is 18.4 Å². The summed E-state index contributed by atoms with van der Waals surface area (Å²) in [5.41, 5.74) is -0.569. The number of hydrogen-bond acceptors (Lipinski definition) is 3. The van der Waals surface area contributed by atoms with Crippen molar-refractivity contribution in [3.05, 3.63) is 0 Å². The Labute approximate surface area is 135 Å². The van der Waals surface area contributed by atoms with Crippen molar-refractivity contribution < 1.29 is 18.4 Å². The van der Waals surface area contributed by atoms with Crippen LogP contribution < -0.4 is 10.6 Å². The van der Waals surface area contributed by atoms with E-state index in [1.807, 2.05) is 0 Å². The summed E-state index contributed by atoms with van der Waals surface area (Å²) in [5, 5.41) is 5.23. The molecule has 0 spiro atoms. The predicted octanol–water partition coefficient (Wildman–Crippen LogP) is 1.17. The molecule has 1 aliphatic heterocycles. The minimum absolute atomic E-state index is 0. The standard InChI is InChI=1S/C14H23F2N3O2.ClH/c1-19(2)12(21)13(5-3-4-6-13)8-18-11(20)10-7-14(15,16)9-17-10;/h10,17H,3-9H2,1-2H3,(H,18,20);1H. The van der Waals surface area contributed by atoms with Gasteiger partial charge in [-0.25, -0.2) is 8.78 Å². The molecule has 2 aliphatic rings. The minimum atomic E-state index is -2.83. The van der Waals surface area contributed by atoms with Crippen LogP contribution >= 0.6 is 12.4 Å². The SMILES string of the molecule is CN(C)C(=O)C1(CNC(=O)C2CC(F)(F)CN2)CCCC1.Cl. The lowest BCUT2D eigenvalue weighted by Gasteiger charge is -2.31. The first-order chi connectivity index (χ1) is 9.76. The van der Waals surface area contributed by atoms with Crippen LogP contribution in [-0.4, -0.2) is 55.9 Å². The Hall–Kier alpha value is -0.950. The second kappa shape index (κ2) is 7.08. The molecular weight excluding hydrogens is 316 g/mol. The number of carbonyl (C=O) groups excluding carboxylic acids is 2. The van der Waals surface area contributed by atoms with E-state index in [1.54, 1.807) is 19.0 Å². The first kappa shape index (κ1) is 19.1. The van der Waals surface area contributed by atoms with Gasteiger partial charge in [0.2, 0.25) is 11.8 Å². The van der Waals surface area contributed by atoms with Gasteiger partial charge < -0.3 is 10.2 Å². The van der Waals surface area contributed by atoms with Gasteiger partial charge in [0.1, 0.15) is 0 Å². The van der Waals surface area contributed by atoms with Gasteiger partial charge in [0, 0.05) is 27.1 Å². The van der Waals surface area contributed by atoms with Crippen LogP contribution in [0.15, 0.2) is 0 Å². The number of hydrogen-bond donors (Lipinski definition) is 2. The van der Waals surface area contributed by atoms with Crippen molar-refractivity contribution in [3.63, 3.8) is 0 Å². The van der Waals surface area contributed by atoms with E-state index >= 15 is 0 Å². The molecule has 0 aromatic carbocycles. The highest BCUT2D eigenvalue weighted by atomic mass is 35.5. The lowest BCUT2D eigenvalue weighted by Crippen LogP contribution is -2.49. The topological polar surface area (TPSA) is 61.4 Å². The molecule has 1 saturated heterocycles. The maximum Gasteiger partial charge on any atom is 0.262 e. The largest absolute Gasteiger partial charge is 0.354 e. The molecule has 2 amide bonds. The first-order valence-electron chi connectivity index (χ1n) is 7.36. The van der Waals surface area contributed by atoms with Crippen LogP contribution in [0, 0.1) is 5.41 Å². The number of nitrogens with one attached hydrogen (secondary N) is 2. The van der Waals surface area contributed by atoms with Crippen LogP contribution in [0.3, 0.4) is 0 Å². The van der Waals surface area contributed by atoms with E-state index in [2.05, 4.69) is 10.6 Å². The van der Waals surface area contributed by atoms with Gasteiger partial charge in [-0.1, -0.05) is 12.8 Å². The van der Waals surface area contributed by atoms with Gasteiger partial charge in [0.15, 0.2) is 0 Å². The highest BCUT2D eigenvalue weighted by Crippen LogP contribution is 2.39. The van der Waals surface area contributed by atoms with Gasteiger partial charge in [-0.3, -0.25) is 14.9 Å². The maximum absolute atomic E-state index is 13.1. The van der Waals surface area contributed by atoms with Gasteiger partial charge in [0.05, 0.1) is 18.0 Å². The van der Waals surface area contributed by atoms with Crippen molar-refractivity contribution in [1.29, 1.82) is 0 Å². The van der Waals surface area contributed by atoms with E-state index in [4.69, 9.17) is 0 Å². The fraction of sp³-hybridized carbons (Fsp3) is 0.857. The van der Waals surface area contributed by atoms with Crippen molar-refractivity contribution in [2.75, 3.05) is 27.2 Å². The number of carbonyl (C=O) groups is 2. The molecule has 2 rings (SSSR count). The van der Waals surface area contributed by atoms with E-state index in [-0.39, 0.29) is 24.9 Å². The van der Waals surface area contributed by atoms with Crippen LogP contribution in [0.25, 0.3) is 0 Å². The highest BCUT2D eigenvalue weighted by Gasteiger charge is 2.45. The van der Waals surface area contributed by atoms with Crippen molar-refractivity contribution in [1.82, 2.24) is 15.5 Å². The molecule has 0 aromatic rings. The Bertz CT molecular complexity index is 426. The predicted molar refractivity (Wildman–Crippen MR) is 81.2 cm³/mol. The molecule has 1 heterocycles. The Morgan fingerprint density at radius 1 is 1.27 bits per heavy atom. The molecule has 1 saturated carbocycles. The Morgan fingerprint density at radius 3 is 2.32 bits per heavy atom. The molecule has 2 fully saturated rings. The number of halogens is 3. The van der Waals surface area contributed by atoms with Gasteiger partial charge in [-0.15, -0.1) is 12.4 Å². The summed E-state index contributed by atoms with van der Waals surface area (Å²) < 4.78 is 26.2. The van der Waals surface area contributed by atoms with E-state index < -0.39 is 36.3 Å². The Morgan fingerprint density at radius 2 is 1.86 bits per heavy atom. The third-order valence-corrected chi connectivity index (χ3v) is 4.45. The molecule has 1 unspecified atom stereocenters. The smallest absolute Gasteiger partial charge is 0.262 e. The van der Waals surface area contributed by atoms with Gasteiger partial charge >= 0.3 is 0 Å². The maximum atomic E-state index is 13.1. The zero-order chi connectivity index (χ0) is 15.7. The zero-order valence-corrected chi connectivity index (χ0v) is 13.8. The van der Waals surface area contributed by atoms with Crippen molar-refractivity contribution in [2.45, 2.75) is 44.1 Å². The van der Waals surface area contributed by atoms with Gasteiger partial charge in [0.25, 0.3) is 5.92 Å². The van der Waals surface area contributed by atoms with Gasteiger partial charge in [-0.05, 0) is 12.8 Å². The summed E-state index contributed by atoms with van der Waals surface area (Å²) in [6.45, 7) is -0.237. The van der Waals surface area contributed by atoms with Crippen molar-refractivity contribution in [3.8, 4) is 0 Å². The normalized spacial score (nSPS) is 25.4. The van der Waals surface area contributed by atoms with E-state index in [0.717, 1.165) is 25.7 Å². The first-order valence-corrected chi connectivity index (χ1v) is 7.36. The lowest BCUT2D eigenvalue weighted by atomic mass is 9.84. The second-order valence-corrected chi connectivity index (χ2v) is 6.40. The fourth-order valence-corrected chi connectivity index (χ4v) is 3.27. The Balaban J connectivity index is 0.00000242. The summed E-state index contributed by atoms with van der Waals surface area (Å²) in [4.78, 5) is 25.9.